The van der Waals surface area contributed by atoms with E-state index in [2.05, 4.69) is 13.8 Å². The van der Waals surface area contributed by atoms with Crippen LogP contribution >= 0.6 is 0 Å². The molecule has 0 saturated carbocycles. The molecule has 0 fully saturated rings. The smallest absolute Gasteiger partial charge is 0.115 e. The van der Waals surface area contributed by atoms with Crippen LogP contribution in [0, 0.1) is 0 Å². The number of hydrogen-bond donors (Lipinski definition) is 5. The molecule has 0 unspecified atom stereocenters. The second-order valence-corrected chi connectivity index (χ2v) is 6.50. The van der Waals surface area contributed by atoms with Crippen LogP contribution < -0.4 is 28.7 Å². The Morgan fingerprint density at radius 3 is 1.45 bits per heavy atom. The molecule has 136 valence electrons. The average Bonchev–Trinajstić information content (AvgIpc) is 2.42. The van der Waals surface area contributed by atoms with Crippen molar-refractivity contribution in [2.45, 2.75) is 109 Å². The Kier molecular flexibility index (Phi) is 18.8. The van der Waals surface area contributed by atoms with Gasteiger partial charge in [0.1, 0.15) is 5.79 Å². The summed E-state index contributed by atoms with van der Waals surface area (Å²) in [5.41, 5.74) is 27.1. The van der Waals surface area contributed by atoms with Gasteiger partial charge in [0.15, 0.2) is 0 Å². The zero-order valence-corrected chi connectivity index (χ0v) is 15.2. The number of hydrogen-bond acceptors (Lipinski definition) is 5. The van der Waals surface area contributed by atoms with Crippen LogP contribution in [0.4, 0.5) is 0 Å². The maximum Gasteiger partial charge on any atom is 0.115 e. The van der Waals surface area contributed by atoms with E-state index < -0.39 is 5.79 Å². The quantitative estimate of drug-likeness (QED) is 0.263. The first-order valence-corrected chi connectivity index (χ1v) is 9.21. The van der Waals surface area contributed by atoms with Gasteiger partial charge < -0.3 is 28.7 Å². The molecule has 0 heterocycles. The van der Waals surface area contributed by atoms with Crippen LogP contribution in [0.1, 0.15) is 97.3 Å². The van der Waals surface area contributed by atoms with Crippen LogP contribution in [0.5, 0.6) is 0 Å². The topological polar surface area (TPSA) is 130 Å². The number of nitrogens with two attached hydrogens (primary N) is 5. The largest absolute Gasteiger partial charge is 0.316 e. The SMILES string of the molecule is CCCCCCCC(N)N.CCCCCCCCC(N)(N)N. The van der Waals surface area contributed by atoms with Crippen molar-refractivity contribution in [3.05, 3.63) is 0 Å². The van der Waals surface area contributed by atoms with Gasteiger partial charge in [-0.1, -0.05) is 78.1 Å². The van der Waals surface area contributed by atoms with Crippen LogP contribution in [0.25, 0.3) is 0 Å². The lowest BCUT2D eigenvalue weighted by Gasteiger charge is -2.17. The highest BCUT2D eigenvalue weighted by atomic mass is 15.1. The molecule has 5 nitrogen and oxygen atoms in total. The van der Waals surface area contributed by atoms with Crippen molar-refractivity contribution in [1.82, 2.24) is 0 Å². The molecule has 0 rings (SSSR count). The first-order valence-electron chi connectivity index (χ1n) is 9.21. The summed E-state index contributed by atoms with van der Waals surface area (Å²) in [5.74, 6) is -0.954. The summed E-state index contributed by atoms with van der Waals surface area (Å²) >= 11 is 0. The zero-order chi connectivity index (χ0) is 17.3. The van der Waals surface area contributed by atoms with E-state index in [4.69, 9.17) is 28.7 Å². The third-order valence-corrected chi connectivity index (χ3v) is 3.60. The fourth-order valence-electron chi connectivity index (χ4n) is 2.20. The lowest BCUT2D eigenvalue weighted by atomic mass is 10.1. The van der Waals surface area contributed by atoms with E-state index >= 15 is 0 Å². The van der Waals surface area contributed by atoms with Crippen molar-refractivity contribution in [3.8, 4) is 0 Å². The molecule has 22 heavy (non-hydrogen) atoms. The second kappa shape index (κ2) is 17.2. The number of unbranched alkanes of at least 4 members (excludes halogenated alkanes) is 9. The van der Waals surface area contributed by atoms with E-state index in [-0.39, 0.29) is 6.17 Å². The maximum atomic E-state index is 5.43. The Bertz CT molecular complexity index is 202. The van der Waals surface area contributed by atoms with E-state index in [0.29, 0.717) is 0 Å². The Morgan fingerprint density at radius 2 is 1.05 bits per heavy atom. The molecule has 0 aliphatic heterocycles. The van der Waals surface area contributed by atoms with Crippen molar-refractivity contribution < 1.29 is 0 Å². The molecule has 0 amide bonds. The minimum Gasteiger partial charge on any atom is -0.316 e. The predicted molar refractivity (Wildman–Crippen MR) is 98.8 cm³/mol. The van der Waals surface area contributed by atoms with Crippen LogP contribution in [0.3, 0.4) is 0 Å². The molecule has 0 aromatic heterocycles. The molecule has 0 saturated heterocycles. The van der Waals surface area contributed by atoms with E-state index in [9.17, 15) is 0 Å². The van der Waals surface area contributed by atoms with Gasteiger partial charge in [-0.15, -0.1) is 0 Å². The monoisotopic (exact) mass is 317 g/mol. The molecule has 0 aromatic carbocycles. The molecule has 10 N–H and O–H groups in total. The normalized spacial score (nSPS) is 11.5. The van der Waals surface area contributed by atoms with E-state index in [1.54, 1.807) is 0 Å². The van der Waals surface area contributed by atoms with Crippen LogP contribution in [0.15, 0.2) is 0 Å². The van der Waals surface area contributed by atoms with Crippen molar-refractivity contribution in [2.24, 2.45) is 28.7 Å². The molecule has 5 heteroatoms. The van der Waals surface area contributed by atoms with Crippen LogP contribution in [0.2, 0.25) is 0 Å². The van der Waals surface area contributed by atoms with Gasteiger partial charge in [0.05, 0.1) is 6.17 Å². The fraction of sp³-hybridized carbons (Fsp3) is 1.00. The molecule has 0 radical (unpaired) electrons. The highest BCUT2D eigenvalue weighted by molar-refractivity contribution is 4.66. The molecule has 0 aliphatic carbocycles. The van der Waals surface area contributed by atoms with Crippen LogP contribution in [-0.2, 0) is 0 Å². The van der Waals surface area contributed by atoms with Gasteiger partial charge >= 0.3 is 0 Å². The molecule has 0 aromatic rings. The standard InChI is InChI=1S/C9H23N3.C8H20N2/c1-2-3-4-5-6-7-8-9(10,11)12;1-2-3-4-5-6-7-8(9)10/h2-8,10-12H2,1H3;8H,2-7,9-10H2,1H3. The van der Waals surface area contributed by atoms with Gasteiger partial charge in [0.25, 0.3) is 0 Å². The third-order valence-electron chi connectivity index (χ3n) is 3.60. The van der Waals surface area contributed by atoms with Gasteiger partial charge in [0.2, 0.25) is 0 Å². The second-order valence-electron chi connectivity index (χ2n) is 6.50. The van der Waals surface area contributed by atoms with Crippen molar-refractivity contribution >= 4 is 0 Å². The van der Waals surface area contributed by atoms with E-state index in [0.717, 1.165) is 19.3 Å². The summed E-state index contributed by atoms with van der Waals surface area (Å²) in [6, 6.07) is 0. The summed E-state index contributed by atoms with van der Waals surface area (Å²) in [6.45, 7) is 4.43. The van der Waals surface area contributed by atoms with E-state index in [1.807, 2.05) is 0 Å². The Balaban J connectivity index is 0. The minimum atomic E-state index is -0.954. The van der Waals surface area contributed by atoms with Gasteiger partial charge in [0, 0.05) is 0 Å². The lowest BCUT2D eigenvalue weighted by Crippen LogP contribution is -2.57. The molecular weight excluding hydrogens is 274 g/mol. The fourth-order valence-corrected chi connectivity index (χ4v) is 2.20. The Labute approximate surface area is 138 Å². The van der Waals surface area contributed by atoms with Gasteiger partial charge in [-0.25, -0.2) is 0 Å². The van der Waals surface area contributed by atoms with E-state index in [1.165, 1.54) is 64.2 Å². The predicted octanol–water partition coefficient (Wildman–Crippen LogP) is 2.86. The Morgan fingerprint density at radius 1 is 0.636 bits per heavy atom. The highest BCUT2D eigenvalue weighted by Crippen LogP contribution is 2.08. The molecule has 0 atom stereocenters. The Hall–Kier alpha value is -0.200. The summed E-state index contributed by atoms with van der Waals surface area (Å²) in [7, 11) is 0. The summed E-state index contributed by atoms with van der Waals surface area (Å²) in [6.07, 6.45) is 15.5. The number of rotatable bonds is 13. The lowest BCUT2D eigenvalue weighted by molar-refractivity contribution is 0.400. The van der Waals surface area contributed by atoms with Gasteiger partial charge in [-0.05, 0) is 19.3 Å². The van der Waals surface area contributed by atoms with Crippen molar-refractivity contribution in [2.75, 3.05) is 0 Å². The molecule has 0 bridgehead atoms. The van der Waals surface area contributed by atoms with Crippen molar-refractivity contribution in [1.29, 1.82) is 0 Å². The first kappa shape index (κ1) is 24.1. The first-order chi connectivity index (χ1) is 10.3. The summed E-state index contributed by atoms with van der Waals surface area (Å²) < 4.78 is 0. The van der Waals surface area contributed by atoms with Gasteiger partial charge in [-0.2, -0.15) is 0 Å². The average molecular weight is 318 g/mol. The van der Waals surface area contributed by atoms with Gasteiger partial charge in [-0.3, -0.25) is 0 Å². The third kappa shape index (κ3) is 28.0. The molecular formula is C17H43N5. The van der Waals surface area contributed by atoms with Crippen LogP contribution in [-0.4, -0.2) is 12.0 Å². The maximum absolute atomic E-state index is 5.43. The molecule has 0 aliphatic rings. The zero-order valence-electron chi connectivity index (χ0n) is 15.2. The minimum absolute atomic E-state index is 0.0957. The summed E-state index contributed by atoms with van der Waals surface area (Å²) in [5, 5.41) is 0. The molecule has 0 spiro atoms. The highest BCUT2D eigenvalue weighted by Gasteiger charge is 2.09. The summed E-state index contributed by atoms with van der Waals surface area (Å²) in [4.78, 5) is 0. The van der Waals surface area contributed by atoms with Crippen molar-refractivity contribution in [3.63, 3.8) is 0 Å².